The standard InChI is InChI=1S/C27H28N4O3S/c1-19-11-13-22(14-12-19)34-24-10-5-4-9-23(24)28-25(32)18-35-27-30-29-26(31(27)15-16-33-3)21-8-6-7-20(2)17-21/h4-14,17H,15-16,18H2,1-3H3,(H,28,32). The largest absolute Gasteiger partial charge is 0.455 e. The van der Waals surface area contributed by atoms with Crippen LogP contribution in [0.15, 0.2) is 78.0 Å². The molecule has 0 fully saturated rings. The van der Waals surface area contributed by atoms with Crippen molar-refractivity contribution in [2.24, 2.45) is 0 Å². The van der Waals surface area contributed by atoms with Crippen LogP contribution in [0.1, 0.15) is 11.1 Å². The maximum atomic E-state index is 12.8. The Hall–Kier alpha value is -3.62. The average molecular weight is 489 g/mol. The molecule has 1 aromatic heterocycles. The fourth-order valence-corrected chi connectivity index (χ4v) is 4.25. The van der Waals surface area contributed by atoms with E-state index in [2.05, 4.69) is 21.6 Å². The van der Waals surface area contributed by atoms with Crippen molar-refractivity contribution >= 4 is 23.4 Å². The zero-order valence-electron chi connectivity index (χ0n) is 20.0. The van der Waals surface area contributed by atoms with Crippen LogP contribution in [0.5, 0.6) is 11.5 Å². The van der Waals surface area contributed by atoms with Gasteiger partial charge in [0.15, 0.2) is 16.7 Å². The molecule has 8 heteroatoms. The summed E-state index contributed by atoms with van der Waals surface area (Å²) in [6, 6.07) is 23.3. The number of hydrogen-bond acceptors (Lipinski definition) is 6. The Morgan fingerprint density at radius 3 is 2.54 bits per heavy atom. The molecule has 3 aromatic carbocycles. The Labute approximate surface area is 209 Å². The van der Waals surface area contributed by atoms with E-state index in [9.17, 15) is 4.79 Å². The molecule has 0 spiro atoms. The quantitative estimate of drug-likeness (QED) is 0.287. The highest BCUT2D eigenvalue weighted by molar-refractivity contribution is 7.99. The third kappa shape index (κ3) is 6.49. The van der Waals surface area contributed by atoms with E-state index in [-0.39, 0.29) is 11.7 Å². The van der Waals surface area contributed by atoms with Gasteiger partial charge in [-0.1, -0.05) is 65.4 Å². The molecule has 7 nitrogen and oxygen atoms in total. The molecule has 4 aromatic rings. The van der Waals surface area contributed by atoms with Gasteiger partial charge in [-0.15, -0.1) is 10.2 Å². The van der Waals surface area contributed by atoms with Crippen molar-refractivity contribution in [3.8, 4) is 22.9 Å². The van der Waals surface area contributed by atoms with E-state index in [0.29, 0.717) is 35.5 Å². The molecule has 0 saturated heterocycles. The predicted molar refractivity (Wildman–Crippen MR) is 139 cm³/mol. The summed E-state index contributed by atoms with van der Waals surface area (Å²) in [5.74, 6) is 2.07. The van der Waals surface area contributed by atoms with Crippen molar-refractivity contribution < 1.29 is 14.3 Å². The van der Waals surface area contributed by atoms with Gasteiger partial charge in [0, 0.05) is 12.7 Å². The molecule has 0 aliphatic heterocycles. The number of aromatic nitrogens is 3. The molecule has 1 amide bonds. The molecule has 0 bridgehead atoms. The molecule has 180 valence electrons. The van der Waals surface area contributed by atoms with Crippen molar-refractivity contribution in [3.05, 3.63) is 83.9 Å². The molecule has 0 radical (unpaired) electrons. The number of benzene rings is 3. The topological polar surface area (TPSA) is 78.3 Å². The first-order valence-corrected chi connectivity index (χ1v) is 12.3. The van der Waals surface area contributed by atoms with Gasteiger partial charge in [0.1, 0.15) is 5.75 Å². The molecule has 0 aliphatic rings. The number of aryl methyl sites for hydroxylation is 2. The van der Waals surface area contributed by atoms with Crippen molar-refractivity contribution in [2.75, 3.05) is 24.8 Å². The monoisotopic (exact) mass is 488 g/mol. The minimum atomic E-state index is -0.159. The summed E-state index contributed by atoms with van der Waals surface area (Å²) in [5, 5.41) is 12.4. The number of rotatable bonds is 10. The van der Waals surface area contributed by atoms with Gasteiger partial charge < -0.3 is 14.8 Å². The Balaban J connectivity index is 1.45. The van der Waals surface area contributed by atoms with Crippen molar-refractivity contribution in [1.29, 1.82) is 0 Å². The average Bonchev–Trinajstić information content (AvgIpc) is 3.26. The van der Waals surface area contributed by atoms with Gasteiger partial charge in [0.05, 0.1) is 24.6 Å². The number of carbonyl (C=O) groups is 1. The first-order chi connectivity index (χ1) is 17.0. The van der Waals surface area contributed by atoms with E-state index in [0.717, 1.165) is 22.5 Å². The second-order valence-corrected chi connectivity index (χ2v) is 9.01. The lowest BCUT2D eigenvalue weighted by atomic mass is 10.1. The van der Waals surface area contributed by atoms with Gasteiger partial charge >= 0.3 is 0 Å². The van der Waals surface area contributed by atoms with E-state index in [1.807, 2.05) is 85.1 Å². The van der Waals surface area contributed by atoms with Crippen LogP contribution in [-0.2, 0) is 16.1 Å². The van der Waals surface area contributed by atoms with Crippen LogP contribution in [0.2, 0.25) is 0 Å². The molecule has 1 heterocycles. The minimum Gasteiger partial charge on any atom is -0.455 e. The Bertz CT molecular complexity index is 1290. The Morgan fingerprint density at radius 2 is 1.77 bits per heavy atom. The summed E-state index contributed by atoms with van der Waals surface area (Å²) in [6.07, 6.45) is 0. The molecule has 1 N–H and O–H groups in total. The lowest BCUT2D eigenvalue weighted by Crippen LogP contribution is -2.15. The van der Waals surface area contributed by atoms with E-state index >= 15 is 0 Å². The summed E-state index contributed by atoms with van der Waals surface area (Å²) >= 11 is 1.34. The van der Waals surface area contributed by atoms with Gasteiger partial charge in [-0.2, -0.15) is 0 Å². The van der Waals surface area contributed by atoms with E-state index in [1.54, 1.807) is 7.11 Å². The van der Waals surface area contributed by atoms with Gasteiger partial charge in [0.25, 0.3) is 0 Å². The maximum Gasteiger partial charge on any atom is 0.234 e. The summed E-state index contributed by atoms with van der Waals surface area (Å²) < 4.78 is 13.3. The second kappa shape index (κ2) is 11.7. The van der Waals surface area contributed by atoms with E-state index in [4.69, 9.17) is 9.47 Å². The van der Waals surface area contributed by atoms with Crippen molar-refractivity contribution in [2.45, 2.75) is 25.5 Å². The fraction of sp³-hybridized carbons (Fsp3) is 0.222. The number of nitrogens with one attached hydrogen (secondary N) is 1. The minimum absolute atomic E-state index is 0.159. The second-order valence-electron chi connectivity index (χ2n) is 8.07. The van der Waals surface area contributed by atoms with Gasteiger partial charge in [-0.25, -0.2) is 0 Å². The number of hydrogen-bond donors (Lipinski definition) is 1. The molecule has 0 unspecified atom stereocenters. The smallest absolute Gasteiger partial charge is 0.234 e. The van der Waals surface area contributed by atoms with Crippen molar-refractivity contribution in [3.63, 3.8) is 0 Å². The van der Waals surface area contributed by atoms with Crippen LogP contribution >= 0.6 is 11.8 Å². The summed E-state index contributed by atoms with van der Waals surface area (Å²) in [7, 11) is 1.66. The van der Waals surface area contributed by atoms with Crippen LogP contribution in [0.4, 0.5) is 5.69 Å². The number of carbonyl (C=O) groups excluding carboxylic acids is 1. The molecule has 35 heavy (non-hydrogen) atoms. The van der Waals surface area contributed by atoms with Crippen LogP contribution in [0.3, 0.4) is 0 Å². The third-order valence-electron chi connectivity index (χ3n) is 5.25. The van der Waals surface area contributed by atoms with E-state index in [1.165, 1.54) is 11.8 Å². The predicted octanol–water partition coefficient (Wildman–Crippen LogP) is 5.73. The molecule has 0 atom stereocenters. The first-order valence-electron chi connectivity index (χ1n) is 11.3. The molecule has 0 aliphatic carbocycles. The highest BCUT2D eigenvalue weighted by atomic mass is 32.2. The van der Waals surface area contributed by atoms with Gasteiger partial charge in [-0.05, 0) is 44.2 Å². The summed E-state index contributed by atoms with van der Waals surface area (Å²) in [4.78, 5) is 12.8. The third-order valence-corrected chi connectivity index (χ3v) is 6.22. The molecule has 4 rings (SSSR count). The number of anilines is 1. The molecule has 0 saturated carbocycles. The molecular formula is C27H28N4O3S. The Morgan fingerprint density at radius 1 is 0.971 bits per heavy atom. The van der Waals surface area contributed by atoms with Crippen LogP contribution < -0.4 is 10.1 Å². The Kier molecular flexibility index (Phi) is 8.18. The highest BCUT2D eigenvalue weighted by Crippen LogP contribution is 2.30. The first kappa shape index (κ1) is 24.5. The lowest BCUT2D eigenvalue weighted by molar-refractivity contribution is -0.113. The summed E-state index contributed by atoms with van der Waals surface area (Å²) in [5.41, 5.74) is 3.89. The zero-order chi connectivity index (χ0) is 24.6. The van der Waals surface area contributed by atoms with Crippen LogP contribution in [-0.4, -0.2) is 40.1 Å². The number of thioether (sulfide) groups is 1. The molecular weight excluding hydrogens is 460 g/mol. The SMILES string of the molecule is COCCn1c(SCC(=O)Nc2ccccc2Oc2ccc(C)cc2)nnc1-c1cccc(C)c1. The zero-order valence-corrected chi connectivity index (χ0v) is 20.8. The lowest BCUT2D eigenvalue weighted by Gasteiger charge is -2.13. The number of amides is 1. The summed E-state index contributed by atoms with van der Waals surface area (Å²) in [6.45, 7) is 5.17. The normalized spacial score (nSPS) is 10.8. The highest BCUT2D eigenvalue weighted by Gasteiger charge is 2.16. The van der Waals surface area contributed by atoms with Crippen LogP contribution in [0.25, 0.3) is 11.4 Å². The number of ether oxygens (including phenoxy) is 2. The van der Waals surface area contributed by atoms with Gasteiger partial charge in [-0.3, -0.25) is 9.36 Å². The fourth-order valence-electron chi connectivity index (χ4n) is 3.49. The number of para-hydroxylation sites is 2. The number of methoxy groups -OCH3 is 1. The van der Waals surface area contributed by atoms with Crippen LogP contribution in [0, 0.1) is 13.8 Å². The van der Waals surface area contributed by atoms with E-state index < -0.39 is 0 Å². The van der Waals surface area contributed by atoms with Gasteiger partial charge in [0.2, 0.25) is 5.91 Å². The number of nitrogens with zero attached hydrogens (tertiary/aromatic N) is 3. The van der Waals surface area contributed by atoms with Crippen molar-refractivity contribution in [1.82, 2.24) is 14.8 Å². The maximum absolute atomic E-state index is 12.8.